The van der Waals surface area contributed by atoms with E-state index >= 15 is 0 Å². The van der Waals surface area contributed by atoms with Gasteiger partial charge in [0, 0.05) is 18.1 Å². The zero-order chi connectivity index (χ0) is 20.1. The molecule has 0 fully saturated rings. The molecular weight excluding hydrogens is 393 g/mol. The number of carbonyl (C=O) groups excluding carboxylic acids is 1. The summed E-state index contributed by atoms with van der Waals surface area (Å²) in [5.74, 6) is -0.798. The topological polar surface area (TPSA) is 51.1 Å². The van der Waals surface area contributed by atoms with E-state index in [1.807, 2.05) is 10.6 Å². The van der Waals surface area contributed by atoms with Crippen molar-refractivity contribution in [2.24, 2.45) is 0 Å². The van der Waals surface area contributed by atoms with Gasteiger partial charge in [-0.05, 0) is 42.7 Å². The monoisotopic (exact) mass is 406 g/mol. The minimum Gasteiger partial charge on any atom is -0.346 e. The minimum atomic E-state index is -4.58. The van der Waals surface area contributed by atoms with E-state index in [1.165, 1.54) is 6.20 Å². The molecule has 2 aromatic carbocycles. The van der Waals surface area contributed by atoms with Crippen molar-refractivity contribution in [1.29, 1.82) is 0 Å². The molecule has 0 unspecified atom stereocenters. The fourth-order valence-electron chi connectivity index (χ4n) is 3.50. The van der Waals surface area contributed by atoms with Crippen LogP contribution in [0.5, 0.6) is 0 Å². The van der Waals surface area contributed by atoms with Crippen molar-refractivity contribution in [2.45, 2.75) is 25.6 Å². The Morgan fingerprint density at radius 3 is 2.71 bits per heavy atom. The van der Waals surface area contributed by atoms with Crippen molar-refractivity contribution in [2.75, 3.05) is 5.32 Å². The van der Waals surface area contributed by atoms with Crippen molar-refractivity contribution >= 4 is 34.1 Å². The molecule has 1 N–H and O–H groups in total. The summed E-state index contributed by atoms with van der Waals surface area (Å²) in [7, 11) is 0. The Balaban J connectivity index is 1.77. The Bertz CT molecular complexity index is 1170. The number of carbonyl (C=O) groups is 1. The highest BCUT2D eigenvalue weighted by Gasteiger charge is 2.31. The zero-order valence-corrected chi connectivity index (χ0v) is 15.2. The number of amides is 1. The van der Waals surface area contributed by atoms with E-state index in [9.17, 15) is 22.8 Å². The van der Waals surface area contributed by atoms with Crippen LogP contribution in [0.1, 0.15) is 27.9 Å². The Morgan fingerprint density at radius 2 is 1.96 bits per heavy atom. The van der Waals surface area contributed by atoms with Crippen LogP contribution in [0.3, 0.4) is 0 Å². The number of pyridine rings is 1. The standard InChI is InChI=1S/C20H14ClF3N2O2/c21-15-7-6-12(20(22,23)24)9-16(15)25-19(28)14-10-26-8-2-4-11-3-1-5-13(17(11)26)18(14)27/h1,3,5-7,9-10H,2,4,8H2,(H,25,28). The van der Waals surface area contributed by atoms with Crippen LogP contribution in [-0.2, 0) is 19.1 Å². The predicted octanol–water partition coefficient (Wildman–Crippen LogP) is 4.87. The molecular formula is C20H14ClF3N2O2. The summed E-state index contributed by atoms with van der Waals surface area (Å²) in [5.41, 5.74) is 0.0901. The van der Waals surface area contributed by atoms with Gasteiger partial charge in [0.25, 0.3) is 5.91 Å². The third kappa shape index (κ3) is 3.16. The molecule has 0 saturated carbocycles. The van der Waals surface area contributed by atoms with Gasteiger partial charge in [0.05, 0.1) is 21.8 Å². The van der Waals surface area contributed by atoms with Gasteiger partial charge in [0.2, 0.25) is 5.43 Å². The molecule has 1 aromatic heterocycles. The van der Waals surface area contributed by atoms with Crippen LogP contribution in [-0.4, -0.2) is 10.5 Å². The Labute approximate surface area is 162 Å². The number of nitrogens with one attached hydrogen (secondary N) is 1. The lowest BCUT2D eigenvalue weighted by molar-refractivity contribution is -0.137. The third-order valence-electron chi connectivity index (χ3n) is 4.81. The number of benzene rings is 2. The van der Waals surface area contributed by atoms with Crippen molar-refractivity contribution in [1.82, 2.24) is 4.57 Å². The van der Waals surface area contributed by atoms with E-state index < -0.39 is 23.1 Å². The molecule has 4 nitrogen and oxygen atoms in total. The Hall–Kier alpha value is -2.80. The van der Waals surface area contributed by atoms with E-state index in [4.69, 9.17) is 11.6 Å². The van der Waals surface area contributed by atoms with Crippen molar-refractivity contribution in [3.63, 3.8) is 0 Å². The van der Waals surface area contributed by atoms with Gasteiger partial charge in [-0.3, -0.25) is 9.59 Å². The van der Waals surface area contributed by atoms with Crippen molar-refractivity contribution < 1.29 is 18.0 Å². The second-order valence-corrected chi connectivity index (χ2v) is 7.04. The van der Waals surface area contributed by atoms with Gasteiger partial charge >= 0.3 is 6.18 Å². The lowest BCUT2D eigenvalue weighted by atomic mass is 9.99. The van der Waals surface area contributed by atoms with Crippen LogP contribution >= 0.6 is 11.6 Å². The molecule has 0 bridgehead atoms. The van der Waals surface area contributed by atoms with Gasteiger partial charge in [0.15, 0.2) is 0 Å². The first kappa shape index (κ1) is 18.6. The van der Waals surface area contributed by atoms with Crippen LogP contribution in [0, 0.1) is 0 Å². The van der Waals surface area contributed by atoms with Gasteiger partial charge in [-0.1, -0.05) is 23.7 Å². The molecule has 4 rings (SSSR count). The van der Waals surface area contributed by atoms with Crippen LogP contribution < -0.4 is 10.7 Å². The number of alkyl halides is 3. The second kappa shape index (κ2) is 6.67. The van der Waals surface area contributed by atoms with Crippen molar-refractivity contribution in [3.8, 4) is 0 Å². The minimum absolute atomic E-state index is 0.0501. The molecule has 2 heterocycles. The summed E-state index contributed by atoms with van der Waals surface area (Å²) in [6, 6.07) is 8.00. The predicted molar refractivity (Wildman–Crippen MR) is 101 cm³/mol. The molecule has 0 radical (unpaired) electrons. The van der Waals surface area contributed by atoms with Crippen LogP contribution in [0.15, 0.2) is 47.4 Å². The number of aromatic nitrogens is 1. The largest absolute Gasteiger partial charge is 0.416 e. The van der Waals surface area contributed by atoms with Gasteiger partial charge in [-0.15, -0.1) is 0 Å². The molecule has 144 valence electrons. The molecule has 8 heteroatoms. The van der Waals surface area contributed by atoms with Crippen LogP contribution in [0.25, 0.3) is 10.9 Å². The smallest absolute Gasteiger partial charge is 0.346 e. The SMILES string of the molecule is O=C(Nc1cc(C(F)(F)F)ccc1Cl)c1cn2c3c(cccc3c1=O)CCC2. The molecule has 0 spiro atoms. The highest BCUT2D eigenvalue weighted by molar-refractivity contribution is 6.34. The van der Waals surface area contributed by atoms with Gasteiger partial charge in [-0.2, -0.15) is 13.2 Å². The molecule has 0 saturated heterocycles. The average molecular weight is 407 g/mol. The number of aryl methyl sites for hydroxylation is 2. The molecule has 28 heavy (non-hydrogen) atoms. The summed E-state index contributed by atoms with van der Waals surface area (Å²) in [5, 5.41) is 2.71. The maximum atomic E-state index is 12.9. The maximum absolute atomic E-state index is 12.9. The summed E-state index contributed by atoms with van der Waals surface area (Å²) in [4.78, 5) is 25.5. The second-order valence-electron chi connectivity index (χ2n) is 6.63. The van der Waals surface area contributed by atoms with Gasteiger partial charge in [-0.25, -0.2) is 0 Å². The highest BCUT2D eigenvalue weighted by Crippen LogP contribution is 2.34. The average Bonchev–Trinajstić information content (AvgIpc) is 2.65. The third-order valence-corrected chi connectivity index (χ3v) is 5.14. The lowest BCUT2D eigenvalue weighted by Gasteiger charge is -2.20. The van der Waals surface area contributed by atoms with Crippen LogP contribution in [0.4, 0.5) is 18.9 Å². The molecule has 3 aromatic rings. The molecule has 1 aliphatic heterocycles. The molecule has 1 aliphatic rings. The fraction of sp³-hybridized carbons (Fsp3) is 0.200. The first-order valence-corrected chi connectivity index (χ1v) is 8.96. The summed E-state index contributed by atoms with van der Waals surface area (Å²) in [6.45, 7) is 0.651. The number of anilines is 1. The molecule has 0 aliphatic carbocycles. The number of halogens is 4. The number of nitrogens with zero attached hydrogens (tertiary/aromatic N) is 1. The molecule has 1 amide bonds. The number of para-hydroxylation sites is 1. The normalized spacial score (nSPS) is 13.6. The lowest BCUT2D eigenvalue weighted by Crippen LogP contribution is -2.25. The highest BCUT2D eigenvalue weighted by atomic mass is 35.5. The summed E-state index contributed by atoms with van der Waals surface area (Å²) in [6.07, 6.45) is -1.39. The quantitative estimate of drug-likeness (QED) is 0.660. The first-order valence-electron chi connectivity index (χ1n) is 8.59. The Kier molecular flexibility index (Phi) is 4.42. The molecule has 0 atom stereocenters. The number of rotatable bonds is 2. The number of hydrogen-bond acceptors (Lipinski definition) is 2. The number of hydrogen-bond donors (Lipinski definition) is 1. The maximum Gasteiger partial charge on any atom is 0.416 e. The van der Waals surface area contributed by atoms with E-state index in [0.29, 0.717) is 11.9 Å². The fourth-order valence-corrected chi connectivity index (χ4v) is 3.67. The van der Waals surface area contributed by atoms with Gasteiger partial charge < -0.3 is 9.88 Å². The van der Waals surface area contributed by atoms with E-state index in [1.54, 1.807) is 12.1 Å². The van der Waals surface area contributed by atoms with E-state index in [-0.39, 0.29) is 16.3 Å². The van der Waals surface area contributed by atoms with Crippen molar-refractivity contribution in [3.05, 3.63) is 74.5 Å². The van der Waals surface area contributed by atoms with E-state index in [2.05, 4.69) is 5.32 Å². The first-order chi connectivity index (χ1) is 13.3. The van der Waals surface area contributed by atoms with E-state index in [0.717, 1.165) is 42.1 Å². The Morgan fingerprint density at radius 1 is 1.18 bits per heavy atom. The van der Waals surface area contributed by atoms with Crippen LogP contribution in [0.2, 0.25) is 5.02 Å². The zero-order valence-electron chi connectivity index (χ0n) is 14.4. The van der Waals surface area contributed by atoms with Gasteiger partial charge in [0.1, 0.15) is 5.56 Å². The summed E-state index contributed by atoms with van der Waals surface area (Å²) >= 11 is 5.94. The summed E-state index contributed by atoms with van der Waals surface area (Å²) < 4.78 is 40.6.